The van der Waals surface area contributed by atoms with Gasteiger partial charge in [-0.15, -0.1) is 0 Å². The molecule has 4 heteroatoms. The topological polar surface area (TPSA) is 40.5 Å². The summed E-state index contributed by atoms with van der Waals surface area (Å²) in [5, 5.41) is 9.56. The van der Waals surface area contributed by atoms with Gasteiger partial charge in [0.2, 0.25) is 5.91 Å². The summed E-state index contributed by atoms with van der Waals surface area (Å²) in [6.07, 6.45) is 3.07. The van der Waals surface area contributed by atoms with Gasteiger partial charge in [-0.2, -0.15) is 0 Å². The lowest BCUT2D eigenvalue weighted by atomic mass is 10.1. The number of rotatable bonds is 3. The van der Waals surface area contributed by atoms with Gasteiger partial charge in [0.15, 0.2) is 0 Å². The number of piperidine rings is 1. The molecule has 0 aromatic carbocycles. The van der Waals surface area contributed by atoms with Crippen molar-refractivity contribution >= 4 is 21.8 Å². The summed E-state index contributed by atoms with van der Waals surface area (Å²) >= 11 is 3.01. The van der Waals surface area contributed by atoms with Crippen molar-refractivity contribution in [1.29, 1.82) is 0 Å². The zero-order valence-corrected chi connectivity index (χ0v) is 9.59. The van der Waals surface area contributed by atoms with Crippen molar-refractivity contribution in [2.75, 3.05) is 6.54 Å². The molecule has 1 atom stereocenters. The van der Waals surface area contributed by atoms with Gasteiger partial charge in [-0.3, -0.25) is 4.79 Å². The first-order valence-corrected chi connectivity index (χ1v) is 5.61. The molecule has 1 fully saturated rings. The van der Waals surface area contributed by atoms with Crippen LogP contribution in [0.15, 0.2) is 0 Å². The number of amides is 1. The highest BCUT2D eigenvalue weighted by Gasteiger charge is 2.25. The number of carbonyl (C=O) groups excluding carboxylic acids is 1. The lowest BCUT2D eigenvalue weighted by molar-refractivity contribution is -0.146. The van der Waals surface area contributed by atoms with Crippen LogP contribution in [0.1, 0.15) is 32.1 Å². The largest absolute Gasteiger partial charge is 0.374 e. The van der Waals surface area contributed by atoms with Gasteiger partial charge < -0.3 is 10.0 Å². The first-order valence-electron chi connectivity index (χ1n) is 4.81. The van der Waals surface area contributed by atoms with Crippen molar-refractivity contribution in [2.45, 2.75) is 38.3 Å². The number of hydrogen-bond donors (Lipinski definition) is 1. The Hall–Kier alpha value is -0.530. The molecule has 1 aliphatic rings. The highest BCUT2D eigenvalue weighted by molar-refractivity contribution is 9.12. The number of nitrogens with zero attached hydrogens (tertiary/aromatic N) is 1. The van der Waals surface area contributed by atoms with E-state index in [0.29, 0.717) is 19.4 Å². The molecule has 1 rings (SSSR count). The van der Waals surface area contributed by atoms with Crippen LogP contribution in [0.5, 0.6) is 0 Å². The normalized spacial score (nSPS) is 21.7. The summed E-state index contributed by atoms with van der Waals surface area (Å²) in [5.74, 6) is 2.93. The van der Waals surface area contributed by atoms with Gasteiger partial charge in [-0.1, -0.05) is 5.92 Å². The maximum atomic E-state index is 11.4. The van der Waals surface area contributed by atoms with Crippen molar-refractivity contribution in [2.24, 2.45) is 0 Å². The maximum absolute atomic E-state index is 11.4. The monoisotopic (exact) mass is 259 g/mol. The maximum Gasteiger partial charge on any atom is 0.224 e. The zero-order valence-electron chi connectivity index (χ0n) is 8.00. The van der Waals surface area contributed by atoms with Gasteiger partial charge in [-0.25, -0.2) is 0 Å². The molecule has 0 saturated carbocycles. The third-order valence-corrected chi connectivity index (χ3v) is 2.58. The molecule has 0 spiro atoms. The Kier molecular flexibility index (Phi) is 4.99. The number of carbonyl (C=O) groups is 1. The van der Waals surface area contributed by atoms with Crippen molar-refractivity contribution < 1.29 is 9.90 Å². The Morgan fingerprint density at radius 3 is 3.07 bits per heavy atom. The van der Waals surface area contributed by atoms with E-state index < -0.39 is 6.23 Å². The molecule has 0 aromatic rings. The van der Waals surface area contributed by atoms with E-state index in [1.807, 2.05) is 0 Å². The summed E-state index contributed by atoms with van der Waals surface area (Å²) in [6, 6.07) is 0. The van der Waals surface area contributed by atoms with Crippen molar-refractivity contribution in [3.05, 3.63) is 0 Å². The Morgan fingerprint density at radius 2 is 2.43 bits per heavy atom. The average molecular weight is 260 g/mol. The minimum absolute atomic E-state index is 0.0653. The van der Waals surface area contributed by atoms with Crippen molar-refractivity contribution in [3.63, 3.8) is 0 Å². The quantitative estimate of drug-likeness (QED) is 0.616. The molecule has 1 saturated heterocycles. The zero-order chi connectivity index (χ0) is 10.4. The second-order valence-corrected chi connectivity index (χ2v) is 3.73. The van der Waals surface area contributed by atoms with Gasteiger partial charge in [-0.05, 0) is 24.1 Å². The van der Waals surface area contributed by atoms with E-state index in [2.05, 4.69) is 26.7 Å². The molecular formula is C10H14BrNO2. The molecule has 1 heterocycles. The predicted molar refractivity (Wildman–Crippen MR) is 57.5 cm³/mol. The van der Waals surface area contributed by atoms with Crippen LogP contribution in [0.25, 0.3) is 0 Å². The Balaban J connectivity index is 2.31. The summed E-state index contributed by atoms with van der Waals surface area (Å²) in [4.78, 5) is 15.6. The van der Waals surface area contributed by atoms with Crippen LogP contribution in [-0.2, 0) is 4.79 Å². The molecule has 3 nitrogen and oxygen atoms in total. The number of aliphatic hydroxyl groups is 1. The lowest BCUT2D eigenvalue weighted by Gasteiger charge is -2.31. The third kappa shape index (κ3) is 3.32. The van der Waals surface area contributed by atoms with Gasteiger partial charge in [0.25, 0.3) is 0 Å². The van der Waals surface area contributed by atoms with Crippen LogP contribution in [0, 0.1) is 10.8 Å². The Labute approximate surface area is 92.6 Å². The minimum Gasteiger partial charge on any atom is -0.374 e. The number of aliphatic hydroxyl groups excluding tert-OH is 1. The minimum atomic E-state index is -0.576. The lowest BCUT2D eigenvalue weighted by Crippen LogP contribution is -2.43. The third-order valence-electron chi connectivity index (χ3n) is 2.30. The number of halogens is 1. The molecule has 1 amide bonds. The fraction of sp³-hybridized carbons (Fsp3) is 0.700. The Bertz CT molecular complexity index is 257. The molecule has 0 radical (unpaired) electrons. The number of likely N-dealkylation sites (tertiary alicyclic amines) is 1. The summed E-state index contributed by atoms with van der Waals surface area (Å²) in [5.41, 5.74) is 0. The van der Waals surface area contributed by atoms with Gasteiger partial charge in [0, 0.05) is 35.3 Å². The van der Waals surface area contributed by atoms with E-state index in [1.165, 1.54) is 0 Å². The van der Waals surface area contributed by atoms with Gasteiger partial charge in [0.1, 0.15) is 6.23 Å². The standard InChI is InChI=1S/C10H14BrNO2/c11-7-2-1-3-8-12-9(13)5-4-6-10(12)14/h9,13H,1,3-6,8H2. The summed E-state index contributed by atoms with van der Waals surface area (Å²) in [6.45, 7) is 0.613. The number of unbranched alkanes of at least 4 members (excludes halogenated alkanes) is 1. The van der Waals surface area contributed by atoms with Crippen LogP contribution in [0.3, 0.4) is 0 Å². The highest BCUT2D eigenvalue weighted by Crippen LogP contribution is 2.16. The average Bonchev–Trinajstić information content (AvgIpc) is 2.16. The molecule has 1 aliphatic heterocycles. The summed E-state index contributed by atoms with van der Waals surface area (Å²) < 4.78 is 0. The first-order chi connectivity index (χ1) is 6.75. The van der Waals surface area contributed by atoms with E-state index in [4.69, 9.17) is 0 Å². The molecule has 0 bridgehead atoms. The SMILES string of the molecule is O=C1CCCC(O)N1CCCC#CBr. The van der Waals surface area contributed by atoms with Crippen LogP contribution >= 0.6 is 15.9 Å². The van der Waals surface area contributed by atoms with E-state index in [1.54, 1.807) is 4.90 Å². The molecular weight excluding hydrogens is 246 g/mol. The van der Waals surface area contributed by atoms with Gasteiger partial charge in [0.05, 0.1) is 0 Å². The molecule has 0 aromatic heterocycles. The second kappa shape index (κ2) is 6.05. The molecule has 1 unspecified atom stereocenters. The van der Waals surface area contributed by atoms with Crippen molar-refractivity contribution in [1.82, 2.24) is 4.90 Å². The molecule has 1 N–H and O–H groups in total. The van der Waals surface area contributed by atoms with E-state index in [9.17, 15) is 9.90 Å². The molecule has 78 valence electrons. The smallest absolute Gasteiger partial charge is 0.224 e. The molecule has 14 heavy (non-hydrogen) atoms. The number of hydrogen-bond acceptors (Lipinski definition) is 2. The Morgan fingerprint density at radius 1 is 1.64 bits per heavy atom. The summed E-state index contributed by atoms with van der Waals surface area (Å²) in [7, 11) is 0. The van der Waals surface area contributed by atoms with Crippen LogP contribution in [-0.4, -0.2) is 28.7 Å². The molecule has 0 aliphatic carbocycles. The highest BCUT2D eigenvalue weighted by atomic mass is 79.9. The van der Waals surface area contributed by atoms with Gasteiger partial charge >= 0.3 is 0 Å². The van der Waals surface area contributed by atoms with E-state index in [-0.39, 0.29) is 5.91 Å². The van der Waals surface area contributed by atoms with E-state index >= 15 is 0 Å². The van der Waals surface area contributed by atoms with Crippen molar-refractivity contribution in [3.8, 4) is 10.8 Å². The predicted octanol–water partition coefficient (Wildman–Crippen LogP) is 1.45. The van der Waals surface area contributed by atoms with Crippen LogP contribution < -0.4 is 0 Å². The van der Waals surface area contributed by atoms with E-state index in [0.717, 1.165) is 19.3 Å². The van der Waals surface area contributed by atoms with Crippen LogP contribution in [0.2, 0.25) is 0 Å². The fourth-order valence-electron chi connectivity index (χ4n) is 1.56. The van der Waals surface area contributed by atoms with Crippen LogP contribution in [0.4, 0.5) is 0 Å². The fourth-order valence-corrected chi connectivity index (χ4v) is 1.76. The first kappa shape index (κ1) is 11.5. The second-order valence-electron chi connectivity index (χ2n) is 3.33.